The van der Waals surface area contributed by atoms with Crippen molar-refractivity contribution in [1.82, 2.24) is 4.31 Å². The summed E-state index contributed by atoms with van der Waals surface area (Å²) in [6.45, 7) is 7.49. The van der Waals surface area contributed by atoms with E-state index >= 15 is 0 Å². The quantitative estimate of drug-likeness (QED) is 0.602. The van der Waals surface area contributed by atoms with Gasteiger partial charge in [-0.25, -0.2) is 4.31 Å². The average Bonchev–Trinajstić information content (AvgIpc) is 1.84. The van der Waals surface area contributed by atoms with Gasteiger partial charge in [-0.3, -0.25) is 0 Å². The van der Waals surface area contributed by atoms with Crippen LogP contribution >= 0.6 is 11.9 Å². The van der Waals surface area contributed by atoms with Crippen LogP contribution in [0.1, 0.15) is 13.8 Å². The number of hydrogen-bond acceptors (Lipinski definition) is 3. The van der Waals surface area contributed by atoms with Crippen molar-refractivity contribution >= 4 is 11.9 Å². The Morgan fingerprint density at radius 1 is 1.55 bits per heavy atom. The highest BCUT2D eigenvalue weighted by molar-refractivity contribution is 7.96. The van der Waals surface area contributed by atoms with Gasteiger partial charge < -0.3 is 4.74 Å². The molecular formula is C8H17NOS. The highest BCUT2D eigenvalue weighted by Crippen LogP contribution is 2.19. The first-order valence-electron chi connectivity index (χ1n) is 4.13. The van der Waals surface area contributed by atoms with Gasteiger partial charge in [0.1, 0.15) is 0 Å². The van der Waals surface area contributed by atoms with Crippen molar-refractivity contribution in [3.8, 4) is 0 Å². The lowest BCUT2D eigenvalue weighted by molar-refractivity contribution is -0.0269. The molecule has 0 saturated carbocycles. The maximum atomic E-state index is 5.62. The second-order valence-electron chi connectivity index (χ2n) is 3.38. The molecule has 0 aromatic rings. The molecule has 0 unspecified atom stereocenters. The topological polar surface area (TPSA) is 12.5 Å². The van der Waals surface area contributed by atoms with Gasteiger partial charge in [0.2, 0.25) is 0 Å². The predicted octanol–water partition coefficient (Wildman–Crippen LogP) is 1.62. The van der Waals surface area contributed by atoms with Gasteiger partial charge in [0.15, 0.2) is 0 Å². The fourth-order valence-corrected chi connectivity index (χ4v) is 1.61. The normalized spacial score (nSPS) is 20.7. The number of hydrogen-bond donors (Lipinski definition) is 0. The molecule has 0 aromatic carbocycles. The van der Waals surface area contributed by atoms with E-state index < -0.39 is 0 Å². The van der Waals surface area contributed by atoms with Gasteiger partial charge in [0, 0.05) is 19.7 Å². The molecular weight excluding hydrogens is 158 g/mol. The maximum Gasteiger partial charge on any atom is 0.0847 e. The maximum absolute atomic E-state index is 5.62. The molecule has 66 valence electrons. The summed E-state index contributed by atoms with van der Waals surface area (Å²) in [5.74, 6) is 0.665. The highest BCUT2D eigenvalue weighted by atomic mass is 32.2. The van der Waals surface area contributed by atoms with E-state index in [2.05, 4.69) is 24.4 Å². The van der Waals surface area contributed by atoms with E-state index in [1.54, 1.807) is 11.9 Å². The minimum absolute atomic E-state index is 0.504. The van der Waals surface area contributed by atoms with Crippen LogP contribution in [0.15, 0.2) is 0 Å². The van der Waals surface area contributed by atoms with E-state index in [0.717, 1.165) is 19.7 Å². The largest absolute Gasteiger partial charge is 0.375 e. The minimum Gasteiger partial charge on any atom is -0.375 e. The first-order valence-corrected chi connectivity index (χ1v) is 5.31. The lowest BCUT2D eigenvalue weighted by Gasteiger charge is -2.37. The van der Waals surface area contributed by atoms with Gasteiger partial charge >= 0.3 is 0 Å². The molecule has 1 fully saturated rings. The third-order valence-electron chi connectivity index (χ3n) is 1.74. The van der Waals surface area contributed by atoms with Crippen LogP contribution in [0.4, 0.5) is 0 Å². The number of rotatable bonds is 4. The van der Waals surface area contributed by atoms with E-state index in [1.807, 2.05) is 0 Å². The lowest BCUT2D eigenvalue weighted by atomic mass is 10.2. The lowest BCUT2D eigenvalue weighted by Crippen LogP contribution is -2.48. The molecule has 0 spiro atoms. The van der Waals surface area contributed by atoms with E-state index in [0.29, 0.717) is 12.0 Å². The van der Waals surface area contributed by atoms with Gasteiger partial charge in [0.05, 0.1) is 6.10 Å². The molecule has 0 N–H and O–H groups in total. The fourth-order valence-electron chi connectivity index (χ4n) is 0.984. The van der Waals surface area contributed by atoms with Crippen molar-refractivity contribution in [2.75, 3.05) is 26.0 Å². The molecule has 0 aromatic heterocycles. The summed E-state index contributed by atoms with van der Waals surface area (Å²) < 4.78 is 7.93. The minimum atomic E-state index is 0.504. The molecule has 2 nitrogen and oxygen atoms in total. The van der Waals surface area contributed by atoms with E-state index in [9.17, 15) is 0 Å². The molecule has 0 radical (unpaired) electrons. The zero-order valence-electron chi connectivity index (χ0n) is 7.54. The molecule has 3 heteroatoms. The smallest absolute Gasteiger partial charge is 0.0847 e. The Hall–Kier alpha value is 0.270. The summed E-state index contributed by atoms with van der Waals surface area (Å²) in [7, 11) is 0. The Bertz CT molecular complexity index is 113. The van der Waals surface area contributed by atoms with Crippen LogP contribution < -0.4 is 0 Å². The third-order valence-corrected chi connectivity index (χ3v) is 2.55. The molecule has 0 bridgehead atoms. The summed E-state index contributed by atoms with van der Waals surface area (Å²) in [6, 6.07) is 0. The van der Waals surface area contributed by atoms with Crippen molar-refractivity contribution in [2.24, 2.45) is 5.92 Å². The summed E-state index contributed by atoms with van der Waals surface area (Å²) in [5, 5.41) is 0. The highest BCUT2D eigenvalue weighted by Gasteiger charge is 2.26. The zero-order chi connectivity index (χ0) is 8.27. The van der Waals surface area contributed by atoms with Crippen LogP contribution in [0.2, 0.25) is 0 Å². The van der Waals surface area contributed by atoms with Crippen LogP contribution in [0, 0.1) is 5.92 Å². The predicted molar refractivity (Wildman–Crippen MR) is 49.7 cm³/mol. The monoisotopic (exact) mass is 175 g/mol. The molecule has 1 rings (SSSR count). The molecule has 0 atom stereocenters. The van der Waals surface area contributed by atoms with Gasteiger partial charge in [-0.1, -0.05) is 25.8 Å². The van der Waals surface area contributed by atoms with Crippen molar-refractivity contribution < 1.29 is 4.74 Å². The van der Waals surface area contributed by atoms with E-state index in [-0.39, 0.29) is 0 Å². The SMILES string of the molecule is CSN1CC(OCC(C)C)C1. The van der Waals surface area contributed by atoms with Crippen LogP contribution in [0.25, 0.3) is 0 Å². The number of ether oxygens (including phenoxy) is 1. The Morgan fingerprint density at radius 3 is 2.64 bits per heavy atom. The van der Waals surface area contributed by atoms with Crippen molar-refractivity contribution in [3.63, 3.8) is 0 Å². The molecule has 11 heavy (non-hydrogen) atoms. The summed E-state index contributed by atoms with van der Waals surface area (Å²) in [5.41, 5.74) is 0. The van der Waals surface area contributed by atoms with Gasteiger partial charge in [-0.2, -0.15) is 0 Å². The fraction of sp³-hybridized carbons (Fsp3) is 1.00. The van der Waals surface area contributed by atoms with E-state index in [4.69, 9.17) is 4.74 Å². The van der Waals surface area contributed by atoms with Crippen LogP contribution in [0.5, 0.6) is 0 Å². The average molecular weight is 175 g/mol. The van der Waals surface area contributed by atoms with Gasteiger partial charge in [0.25, 0.3) is 0 Å². The molecule has 1 aliphatic rings. The van der Waals surface area contributed by atoms with Gasteiger partial charge in [-0.05, 0) is 12.2 Å². The molecule has 0 amide bonds. The zero-order valence-corrected chi connectivity index (χ0v) is 8.36. The Kier molecular flexibility index (Phi) is 3.69. The standard InChI is InChI=1S/C8H17NOS/c1-7(2)6-10-8-4-9(5-8)11-3/h7-8H,4-6H2,1-3H3. The Labute approximate surface area is 73.4 Å². The summed E-state index contributed by atoms with van der Waals surface area (Å²) >= 11 is 1.80. The first kappa shape index (κ1) is 9.36. The second-order valence-corrected chi connectivity index (χ2v) is 4.26. The van der Waals surface area contributed by atoms with Crippen molar-refractivity contribution in [1.29, 1.82) is 0 Å². The number of nitrogens with zero attached hydrogens (tertiary/aromatic N) is 1. The van der Waals surface area contributed by atoms with Crippen molar-refractivity contribution in [3.05, 3.63) is 0 Å². The van der Waals surface area contributed by atoms with Crippen LogP contribution in [-0.2, 0) is 4.74 Å². The Morgan fingerprint density at radius 2 is 2.18 bits per heavy atom. The summed E-state index contributed by atoms with van der Waals surface area (Å²) in [4.78, 5) is 0. The molecule has 1 heterocycles. The van der Waals surface area contributed by atoms with Crippen LogP contribution in [0.3, 0.4) is 0 Å². The third kappa shape index (κ3) is 3.01. The van der Waals surface area contributed by atoms with Gasteiger partial charge in [-0.15, -0.1) is 0 Å². The molecule has 0 aliphatic carbocycles. The second kappa shape index (κ2) is 4.33. The molecule has 1 aliphatic heterocycles. The Balaban J connectivity index is 1.96. The van der Waals surface area contributed by atoms with E-state index in [1.165, 1.54) is 0 Å². The van der Waals surface area contributed by atoms with Crippen molar-refractivity contribution in [2.45, 2.75) is 20.0 Å². The molecule has 1 saturated heterocycles. The first-order chi connectivity index (χ1) is 5.22. The van der Waals surface area contributed by atoms with Crippen LogP contribution in [-0.4, -0.2) is 36.4 Å². The summed E-state index contributed by atoms with van der Waals surface area (Å²) in [6.07, 6.45) is 2.61.